The van der Waals surface area contributed by atoms with Gasteiger partial charge in [-0.25, -0.2) is 9.18 Å². The normalized spacial score (nSPS) is 20.6. The van der Waals surface area contributed by atoms with Gasteiger partial charge in [-0.05, 0) is 29.3 Å². The van der Waals surface area contributed by atoms with E-state index in [1.807, 2.05) is 0 Å². The Morgan fingerprint density at radius 3 is 2.38 bits per heavy atom. The maximum Gasteiger partial charge on any atom is 0.416 e. The number of nitrogens with one attached hydrogen (secondary N) is 1. The number of urea groups is 1. The SMILES string of the molecule is NC(=O)N(c1ccccc1F)C1(C(F)(F)F)C=CC(c2ccccc2)=CC1c1nn[nH]n1. The standard InChI is InChI=1S/C21H16F4N6O/c22-16-8-4-5-9-17(16)31(19(26)32)20(21(23,24)25)11-10-14(13-6-2-1-3-7-13)12-15(20)18-27-29-30-28-18/h1-12,15H,(H2,26,32)(H,27,28,29,30). The van der Waals surface area contributed by atoms with Crippen LogP contribution in [0.5, 0.6) is 0 Å². The molecule has 0 aliphatic heterocycles. The lowest BCUT2D eigenvalue weighted by Gasteiger charge is -2.46. The molecule has 1 heterocycles. The monoisotopic (exact) mass is 444 g/mol. The average molecular weight is 444 g/mol. The summed E-state index contributed by atoms with van der Waals surface area (Å²) in [6, 6.07) is 11.7. The Morgan fingerprint density at radius 2 is 1.78 bits per heavy atom. The van der Waals surface area contributed by atoms with E-state index in [0.717, 1.165) is 18.2 Å². The minimum atomic E-state index is -5.11. The number of hydrogen-bond donors (Lipinski definition) is 2. The van der Waals surface area contributed by atoms with Crippen LogP contribution in [-0.2, 0) is 0 Å². The van der Waals surface area contributed by atoms with Gasteiger partial charge in [-0.2, -0.15) is 18.4 Å². The molecule has 1 aromatic heterocycles. The Morgan fingerprint density at radius 1 is 1.09 bits per heavy atom. The van der Waals surface area contributed by atoms with Gasteiger partial charge in [-0.3, -0.25) is 4.90 Å². The van der Waals surface area contributed by atoms with E-state index in [2.05, 4.69) is 20.6 Å². The first-order valence-corrected chi connectivity index (χ1v) is 9.36. The van der Waals surface area contributed by atoms with Gasteiger partial charge in [0.25, 0.3) is 0 Å². The lowest BCUT2D eigenvalue weighted by Crippen LogP contribution is -2.65. The number of benzene rings is 2. The quantitative estimate of drug-likeness (QED) is 0.595. The average Bonchev–Trinajstić information content (AvgIpc) is 3.30. The molecule has 2 amide bonds. The number of nitrogens with zero attached hydrogens (tertiary/aromatic N) is 4. The maximum absolute atomic E-state index is 14.9. The number of primary amides is 1. The summed E-state index contributed by atoms with van der Waals surface area (Å²) in [7, 11) is 0. The first kappa shape index (κ1) is 21.2. The first-order chi connectivity index (χ1) is 15.3. The fourth-order valence-electron chi connectivity index (χ4n) is 3.82. The van der Waals surface area contributed by atoms with E-state index in [4.69, 9.17) is 5.73 Å². The van der Waals surface area contributed by atoms with Crippen molar-refractivity contribution in [1.82, 2.24) is 20.6 Å². The van der Waals surface area contributed by atoms with Crippen molar-refractivity contribution in [2.75, 3.05) is 4.90 Å². The van der Waals surface area contributed by atoms with Gasteiger partial charge < -0.3 is 5.73 Å². The van der Waals surface area contributed by atoms with Crippen LogP contribution in [0.1, 0.15) is 17.3 Å². The molecule has 3 N–H and O–H groups in total. The van der Waals surface area contributed by atoms with Crippen molar-refractivity contribution < 1.29 is 22.4 Å². The number of carbonyl (C=O) groups excluding carboxylic acids is 1. The highest BCUT2D eigenvalue weighted by atomic mass is 19.4. The first-order valence-electron chi connectivity index (χ1n) is 9.36. The molecule has 0 saturated heterocycles. The van der Waals surface area contributed by atoms with E-state index in [1.165, 1.54) is 24.3 Å². The molecule has 0 fully saturated rings. The van der Waals surface area contributed by atoms with Gasteiger partial charge in [0.15, 0.2) is 11.4 Å². The molecule has 7 nitrogen and oxygen atoms in total. The predicted molar refractivity (Wildman–Crippen MR) is 108 cm³/mol. The number of alkyl halides is 3. The van der Waals surface area contributed by atoms with Gasteiger partial charge in [0.05, 0.1) is 11.6 Å². The van der Waals surface area contributed by atoms with E-state index in [9.17, 15) is 22.4 Å². The number of aromatic amines is 1. The zero-order valence-electron chi connectivity index (χ0n) is 16.3. The number of amides is 2. The Balaban J connectivity index is 2.00. The van der Waals surface area contributed by atoms with Crippen molar-refractivity contribution in [2.45, 2.75) is 17.6 Å². The van der Waals surface area contributed by atoms with Gasteiger partial charge in [-0.1, -0.05) is 59.8 Å². The molecule has 3 aromatic rings. The Labute approximate surface area is 179 Å². The highest BCUT2D eigenvalue weighted by Gasteiger charge is 2.65. The lowest BCUT2D eigenvalue weighted by molar-refractivity contribution is -0.174. The maximum atomic E-state index is 14.9. The van der Waals surface area contributed by atoms with E-state index in [-0.39, 0.29) is 10.7 Å². The Hall–Kier alpha value is -4.02. The van der Waals surface area contributed by atoms with Crippen LogP contribution in [0.15, 0.2) is 72.8 Å². The van der Waals surface area contributed by atoms with Gasteiger partial charge in [0, 0.05) is 0 Å². The number of tetrazole rings is 1. The van der Waals surface area contributed by atoms with Crippen molar-refractivity contribution in [1.29, 1.82) is 0 Å². The van der Waals surface area contributed by atoms with Crippen LogP contribution in [0.2, 0.25) is 0 Å². The molecule has 2 atom stereocenters. The number of nitrogens with two attached hydrogens (primary N) is 1. The molecular weight excluding hydrogens is 428 g/mol. The third-order valence-electron chi connectivity index (χ3n) is 5.22. The Bertz CT molecular complexity index is 1180. The molecule has 1 aliphatic rings. The van der Waals surface area contributed by atoms with Crippen LogP contribution < -0.4 is 10.6 Å². The fraction of sp³-hybridized carbons (Fsp3) is 0.143. The van der Waals surface area contributed by atoms with Crippen LogP contribution in [0, 0.1) is 5.82 Å². The molecule has 4 rings (SSSR count). The Kier molecular flexibility index (Phi) is 5.25. The van der Waals surface area contributed by atoms with Crippen molar-refractivity contribution >= 4 is 17.3 Å². The van der Waals surface area contributed by atoms with Crippen LogP contribution >= 0.6 is 0 Å². The number of aromatic nitrogens is 4. The van der Waals surface area contributed by atoms with Gasteiger partial charge in [0.2, 0.25) is 0 Å². The van der Waals surface area contributed by atoms with Crippen LogP contribution in [-0.4, -0.2) is 38.4 Å². The van der Waals surface area contributed by atoms with E-state index >= 15 is 0 Å². The molecule has 11 heteroatoms. The number of halogens is 4. The van der Waals surface area contributed by atoms with Crippen molar-refractivity contribution in [3.05, 3.63) is 90.0 Å². The van der Waals surface area contributed by atoms with Gasteiger partial charge in [-0.15, -0.1) is 10.2 Å². The van der Waals surface area contributed by atoms with Crippen LogP contribution in [0.25, 0.3) is 5.57 Å². The number of rotatable bonds is 4. The highest BCUT2D eigenvalue weighted by Crippen LogP contribution is 2.51. The zero-order valence-corrected chi connectivity index (χ0v) is 16.3. The lowest BCUT2D eigenvalue weighted by atomic mass is 9.74. The van der Waals surface area contributed by atoms with Crippen LogP contribution in [0.3, 0.4) is 0 Å². The van der Waals surface area contributed by atoms with Crippen molar-refractivity contribution in [2.24, 2.45) is 5.73 Å². The second-order valence-electron chi connectivity index (χ2n) is 7.02. The minimum Gasteiger partial charge on any atom is -0.351 e. The number of allylic oxidation sites excluding steroid dienone is 2. The molecule has 0 saturated carbocycles. The summed E-state index contributed by atoms with van der Waals surface area (Å²) in [5, 5.41) is 13.0. The number of H-pyrrole nitrogens is 1. The second-order valence-corrected chi connectivity index (χ2v) is 7.02. The zero-order chi connectivity index (χ0) is 22.9. The summed E-state index contributed by atoms with van der Waals surface area (Å²) in [6.07, 6.45) is -1.83. The third-order valence-corrected chi connectivity index (χ3v) is 5.22. The molecule has 2 aromatic carbocycles. The summed E-state index contributed by atoms with van der Waals surface area (Å²) in [5.41, 5.74) is 2.72. The molecule has 0 radical (unpaired) electrons. The molecule has 2 unspecified atom stereocenters. The molecule has 1 aliphatic carbocycles. The highest BCUT2D eigenvalue weighted by molar-refractivity contribution is 5.94. The van der Waals surface area contributed by atoms with Crippen molar-refractivity contribution in [3.8, 4) is 0 Å². The van der Waals surface area contributed by atoms with Gasteiger partial charge >= 0.3 is 12.2 Å². The number of hydrogen-bond acceptors (Lipinski definition) is 4. The van der Waals surface area contributed by atoms with E-state index in [0.29, 0.717) is 11.1 Å². The summed E-state index contributed by atoms with van der Waals surface area (Å²) in [4.78, 5) is 12.6. The summed E-state index contributed by atoms with van der Waals surface area (Å²) >= 11 is 0. The molecule has 0 bridgehead atoms. The van der Waals surface area contributed by atoms with E-state index in [1.54, 1.807) is 30.3 Å². The van der Waals surface area contributed by atoms with Crippen LogP contribution in [0.4, 0.5) is 28.0 Å². The summed E-state index contributed by atoms with van der Waals surface area (Å²) < 4.78 is 59.2. The molecular formula is C21H16F4N6O. The minimum absolute atomic E-state index is 0.193. The fourth-order valence-corrected chi connectivity index (χ4v) is 3.82. The van der Waals surface area contributed by atoms with E-state index < -0.39 is 35.2 Å². The molecule has 32 heavy (non-hydrogen) atoms. The number of anilines is 1. The topological polar surface area (TPSA) is 101 Å². The number of para-hydroxylation sites is 1. The molecule has 0 spiro atoms. The smallest absolute Gasteiger partial charge is 0.351 e. The molecule has 164 valence electrons. The third kappa shape index (κ3) is 3.41. The summed E-state index contributed by atoms with van der Waals surface area (Å²) in [6.45, 7) is 0. The number of carbonyl (C=O) groups is 1. The largest absolute Gasteiger partial charge is 0.416 e. The van der Waals surface area contributed by atoms with Crippen molar-refractivity contribution in [3.63, 3.8) is 0 Å². The van der Waals surface area contributed by atoms with Gasteiger partial charge in [0.1, 0.15) is 5.82 Å². The predicted octanol–water partition coefficient (Wildman–Crippen LogP) is 3.96. The summed E-state index contributed by atoms with van der Waals surface area (Å²) in [5.74, 6) is -3.08. The second kappa shape index (κ2) is 7.91.